The summed E-state index contributed by atoms with van der Waals surface area (Å²) in [5, 5.41) is 13.1. The number of nitrogens with zero attached hydrogens (tertiary/aromatic N) is 2. The molecule has 2 aromatic rings. The summed E-state index contributed by atoms with van der Waals surface area (Å²) in [6, 6.07) is 3.88. The standard InChI is InChI=1S/C17H21N3O3S/c1-3-19-10-12(17(22)23)16(21)11-8-15(24-2)14(9-13(11)19)20-6-4-18-5-7-20/h8-10,18H,3-7H2,1-2H3,(H,22,23). The molecular formula is C17H21N3O3S. The lowest BCUT2D eigenvalue weighted by Crippen LogP contribution is -2.43. The third-order valence-electron chi connectivity index (χ3n) is 4.41. The van der Waals surface area contributed by atoms with Gasteiger partial charge in [0, 0.05) is 49.2 Å². The van der Waals surface area contributed by atoms with E-state index in [0.717, 1.165) is 42.3 Å². The molecule has 128 valence electrons. The first-order chi connectivity index (χ1) is 11.6. The normalized spacial score (nSPS) is 15.0. The van der Waals surface area contributed by atoms with Crippen molar-refractivity contribution in [2.75, 3.05) is 37.3 Å². The quantitative estimate of drug-likeness (QED) is 0.822. The highest BCUT2D eigenvalue weighted by atomic mass is 32.2. The Bertz CT molecular complexity index is 841. The van der Waals surface area contributed by atoms with Gasteiger partial charge in [0.1, 0.15) is 5.56 Å². The first kappa shape index (κ1) is 16.9. The predicted molar refractivity (Wildman–Crippen MR) is 97.7 cm³/mol. The summed E-state index contributed by atoms with van der Waals surface area (Å²) >= 11 is 1.58. The minimum Gasteiger partial charge on any atom is -0.477 e. The second kappa shape index (κ2) is 6.86. The monoisotopic (exact) mass is 347 g/mol. The highest BCUT2D eigenvalue weighted by Gasteiger charge is 2.19. The molecule has 1 fully saturated rings. The van der Waals surface area contributed by atoms with Gasteiger partial charge in [-0.2, -0.15) is 0 Å². The molecule has 2 N–H and O–H groups in total. The molecule has 1 aliphatic rings. The van der Waals surface area contributed by atoms with Crippen molar-refractivity contribution < 1.29 is 9.90 Å². The van der Waals surface area contributed by atoms with Gasteiger partial charge in [-0.15, -0.1) is 11.8 Å². The first-order valence-corrected chi connectivity index (χ1v) is 9.23. The summed E-state index contributed by atoms with van der Waals surface area (Å²) in [5.41, 5.74) is 1.32. The molecular weight excluding hydrogens is 326 g/mol. The molecule has 1 aliphatic heterocycles. The van der Waals surface area contributed by atoms with Crippen LogP contribution in [0.5, 0.6) is 0 Å². The number of fused-ring (bicyclic) bond motifs is 1. The fourth-order valence-electron chi connectivity index (χ4n) is 3.14. The Kier molecular flexibility index (Phi) is 4.82. The number of aryl methyl sites for hydroxylation is 1. The van der Waals surface area contributed by atoms with Gasteiger partial charge < -0.3 is 19.9 Å². The first-order valence-electron chi connectivity index (χ1n) is 8.01. The van der Waals surface area contributed by atoms with Crippen molar-refractivity contribution in [3.8, 4) is 0 Å². The predicted octanol–water partition coefficient (Wildman–Crippen LogP) is 1.85. The van der Waals surface area contributed by atoms with Gasteiger partial charge in [0.05, 0.1) is 11.2 Å². The summed E-state index contributed by atoms with van der Waals surface area (Å²) in [6.45, 7) is 6.26. The van der Waals surface area contributed by atoms with E-state index in [1.165, 1.54) is 6.20 Å². The number of carboxylic acid groups (broad SMARTS) is 1. The number of pyridine rings is 1. The van der Waals surface area contributed by atoms with Crippen LogP contribution < -0.4 is 15.6 Å². The summed E-state index contributed by atoms with van der Waals surface area (Å²) < 4.78 is 1.84. The lowest BCUT2D eigenvalue weighted by atomic mass is 10.1. The molecule has 0 amide bonds. The zero-order valence-electron chi connectivity index (χ0n) is 13.8. The molecule has 6 nitrogen and oxygen atoms in total. The van der Waals surface area contributed by atoms with Crippen LogP contribution in [-0.2, 0) is 6.54 Å². The average molecular weight is 347 g/mol. The van der Waals surface area contributed by atoms with Crippen LogP contribution in [0.3, 0.4) is 0 Å². The second-order valence-corrected chi connectivity index (χ2v) is 6.59. The zero-order chi connectivity index (χ0) is 17.3. The highest BCUT2D eigenvalue weighted by Crippen LogP contribution is 2.32. The van der Waals surface area contributed by atoms with Crippen LogP contribution in [0.4, 0.5) is 5.69 Å². The number of aromatic nitrogens is 1. The molecule has 3 rings (SSSR count). The van der Waals surface area contributed by atoms with E-state index in [2.05, 4.69) is 10.2 Å². The summed E-state index contributed by atoms with van der Waals surface area (Å²) in [6.07, 6.45) is 3.43. The number of piperazine rings is 1. The largest absolute Gasteiger partial charge is 0.477 e. The average Bonchev–Trinajstić information content (AvgIpc) is 2.61. The Morgan fingerprint density at radius 3 is 2.62 bits per heavy atom. The number of nitrogens with one attached hydrogen (secondary N) is 1. The van der Waals surface area contributed by atoms with E-state index >= 15 is 0 Å². The van der Waals surface area contributed by atoms with Crippen LogP contribution in [0.1, 0.15) is 17.3 Å². The third kappa shape index (κ3) is 2.89. The Hall–Kier alpha value is -1.99. The van der Waals surface area contributed by atoms with Gasteiger partial charge in [-0.1, -0.05) is 0 Å². The van der Waals surface area contributed by atoms with Gasteiger partial charge in [-0.25, -0.2) is 4.79 Å². The number of anilines is 1. The molecule has 7 heteroatoms. The van der Waals surface area contributed by atoms with Crippen LogP contribution in [0.2, 0.25) is 0 Å². The maximum Gasteiger partial charge on any atom is 0.341 e. The Morgan fingerprint density at radius 1 is 1.33 bits per heavy atom. The Morgan fingerprint density at radius 2 is 2.04 bits per heavy atom. The number of thioether (sulfide) groups is 1. The van der Waals surface area contributed by atoms with E-state index in [9.17, 15) is 14.7 Å². The molecule has 24 heavy (non-hydrogen) atoms. The van der Waals surface area contributed by atoms with Crippen molar-refractivity contribution in [2.45, 2.75) is 18.4 Å². The van der Waals surface area contributed by atoms with Gasteiger partial charge in [-0.05, 0) is 25.3 Å². The molecule has 0 saturated carbocycles. The van der Waals surface area contributed by atoms with Crippen molar-refractivity contribution in [1.29, 1.82) is 0 Å². The van der Waals surface area contributed by atoms with E-state index in [4.69, 9.17) is 0 Å². The van der Waals surface area contributed by atoms with Crippen LogP contribution in [-0.4, -0.2) is 48.1 Å². The zero-order valence-corrected chi connectivity index (χ0v) is 14.7. The second-order valence-electron chi connectivity index (χ2n) is 5.74. The fraction of sp³-hybridized carbons (Fsp3) is 0.412. The minimum absolute atomic E-state index is 0.175. The van der Waals surface area contributed by atoms with Crippen molar-refractivity contribution in [1.82, 2.24) is 9.88 Å². The molecule has 0 radical (unpaired) electrons. The van der Waals surface area contributed by atoms with E-state index in [1.54, 1.807) is 11.8 Å². The van der Waals surface area contributed by atoms with Crippen molar-refractivity contribution in [3.05, 3.63) is 34.1 Å². The molecule has 0 bridgehead atoms. The molecule has 1 saturated heterocycles. The Balaban J connectivity index is 2.27. The van der Waals surface area contributed by atoms with Crippen LogP contribution in [0, 0.1) is 0 Å². The van der Waals surface area contributed by atoms with Crippen LogP contribution >= 0.6 is 11.8 Å². The topological polar surface area (TPSA) is 74.6 Å². The molecule has 0 spiro atoms. The summed E-state index contributed by atoms with van der Waals surface area (Å²) in [5.74, 6) is -1.18. The lowest BCUT2D eigenvalue weighted by Gasteiger charge is -2.31. The van der Waals surface area contributed by atoms with Gasteiger partial charge in [0.15, 0.2) is 0 Å². The van der Waals surface area contributed by atoms with E-state index < -0.39 is 11.4 Å². The number of carboxylic acids is 1. The molecule has 1 aromatic carbocycles. The fourth-order valence-corrected chi connectivity index (χ4v) is 3.77. The van der Waals surface area contributed by atoms with E-state index in [0.29, 0.717) is 11.9 Å². The van der Waals surface area contributed by atoms with Gasteiger partial charge in [-0.3, -0.25) is 4.79 Å². The molecule has 0 atom stereocenters. The van der Waals surface area contributed by atoms with Crippen LogP contribution in [0.15, 0.2) is 28.0 Å². The summed E-state index contributed by atoms with van der Waals surface area (Å²) in [4.78, 5) is 27.3. The number of aromatic carboxylic acids is 1. The molecule has 0 unspecified atom stereocenters. The smallest absolute Gasteiger partial charge is 0.341 e. The molecule has 0 aliphatic carbocycles. The highest BCUT2D eigenvalue weighted by molar-refractivity contribution is 7.98. The maximum atomic E-state index is 12.6. The van der Waals surface area contributed by atoms with Gasteiger partial charge in [0.25, 0.3) is 0 Å². The molecule has 2 heterocycles. The van der Waals surface area contributed by atoms with Crippen molar-refractivity contribution >= 4 is 34.3 Å². The molecule has 1 aromatic heterocycles. The van der Waals surface area contributed by atoms with Gasteiger partial charge >= 0.3 is 5.97 Å². The number of rotatable bonds is 4. The van der Waals surface area contributed by atoms with Crippen molar-refractivity contribution in [3.63, 3.8) is 0 Å². The SMILES string of the molecule is CCn1cc(C(=O)O)c(=O)c2cc(SC)c(N3CCNCC3)cc21. The number of carbonyl (C=O) groups is 1. The van der Waals surface area contributed by atoms with Crippen LogP contribution in [0.25, 0.3) is 10.9 Å². The number of hydrogen-bond acceptors (Lipinski definition) is 5. The van der Waals surface area contributed by atoms with Gasteiger partial charge in [0.2, 0.25) is 5.43 Å². The maximum absolute atomic E-state index is 12.6. The minimum atomic E-state index is -1.18. The third-order valence-corrected chi connectivity index (χ3v) is 5.18. The van der Waals surface area contributed by atoms with Crippen molar-refractivity contribution in [2.24, 2.45) is 0 Å². The van der Waals surface area contributed by atoms with E-state index in [-0.39, 0.29) is 5.56 Å². The summed E-state index contributed by atoms with van der Waals surface area (Å²) in [7, 11) is 0. The lowest BCUT2D eigenvalue weighted by molar-refractivity contribution is 0.0695. The number of benzene rings is 1. The number of hydrogen-bond donors (Lipinski definition) is 2. The van der Waals surface area contributed by atoms with E-state index in [1.807, 2.05) is 29.9 Å². The Labute approximate surface area is 144 Å².